The molecule has 2 saturated heterocycles. The predicted octanol–water partition coefficient (Wildman–Crippen LogP) is -0.516. The molecule has 2 unspecified atom stereocenters. The summed E-state index contributed by atoms with van der Waals surface area (Å²) >= 11 is 0. The Morgan fingerprint density at radius 2 is 2.29 bits per heavy atom. The minimum absolute atomic E-state index is 0.200. The number of nitrogens with one attached hydrogen (secondary N) is 1. The number of fused-ring (bicyclic) bond motifs is 1. The lowest BCUT2D eigenvalue weighted by Gasteiger charge is -2.35. The second kappa shape index (κ2) is 5.65. The molecule has 0 radical (unpaired) electrons. The molecular weight excluding hydrogens is 240 g/mol. The Morgan fingerprint density at radius 1 is 1.47 bits per heavy atom. The van der Waals surface area contributed by atoms with Crippen LogP contribution in [-0.4, -0.2) is 70.3 Å². The van der Waals surface area contributed by atoms with Crippen LogP contribution in [0.3, 0.4) is 0 Å². The number of ether oxygens (including phenoxy) is 1. The lowest BCUT2D eigenvalue weighted by atomic mass is 10.2. The fourth-order valence-corrected chi connectivity index (χ4v) is 3.04. The van der Waals surface area contributed by atoms with Crippen molar-refractivity contribution in [2.24, 2.45) is 0 Å². The first-order valence-corrected chi connectivity index (χ1v) is 8.35. The lowest BCUT2D eigenvalue weighted by Crippen LogP contribution is -2.49. The number of hydrogen-bond acceptors (Lipinski definition) is 5. The molecule has 17 heavy (non-hydrogen) atoms. The molecule has 2 aliphatic heterocycles. The summed E-state index contributed by atoms with van der Waals surface area (Å²) < 4.78 is 27.7. The first-order chi connectivity index (χ1) is 8.04. The van der Waals surface area contributed by atoms with Gasteiger partial charge in [0.05, 0.1) is 18.5 Å². The molecule has 100 valence electrons. The molecule has 5 nitrogen and oxygen atoms in total. The molecule has 0 aromatic carbocycles. The molecule has 6 heteroatoms. The van der Waals surface area contributed by atoms with E-state index < -0.39 is 9.84 Å². The van der Waals surface area contributed by atoms with E-state index in [1.54, 1.807) is 0 Å². The van der Waals surface area contributed by atoms with Gasteiger partial charge < -0.3 is 10.1 Å². The van der Waals surface area contributed by atoms with Crippen LogP contribution in [0, 0.1) is 0 Å². The van der Waals surface area contributed by atoms with Gasteiger partial charge in [-0.3, -0.25) is 4.90 Å². The average molecular weight is 262 g/mol. The third kappa shape index (κ3) is 4.21. The van der Waals surface area contributed by atoms with Crippen LogP contribution in [0.2, 0.25) is 0 Å². The normalized spacial score (nSPS) is 30.4. The maximum atomic E-state index is 11.0. The maximum Gasteiger partial charge on any atom is 0.148 e. The second-order valence-electron chi connectivity index (χ2n) is 5.08. The summed E-state index contributed by atoms with van der Waals surface area (Å²) in [4.78, 5) is 2.49. The number of rotatable bonds is 5. The number of hydrogen-bond donors (Lipinski definition) is 1. The van der Waals surface area contributed by atoms with Gasteiger partial charge in [-0.2, -0.15) is 0 Å². The average Bonchev–Trinajstić information content (AvgIpc) is 2.70. The van der Waals surface area contributed by atoms with Gasteiger partial charge in [0.2, 0.25) is 0 Å². The Labute approximate surface area is 103 Å². The Morgan fingerprint density at radius 3 is 3.06 bits per heavy atom. The molecule has 2 aliphatic rings. The van der Waals surface area contributed by atoms with Crippen LogP contribution < -0.4 is 5.32 Å². The smallest absolute Gasteiger partial charge is 0.148 e. The molecule has 0 aromatic heterocycles. The largest absolute Gasteiger partial charge is 0.374 e. The highest BCUT2D eigenvalue weighted by Gasteiger charge is 2.31. The maximum absolute atomic E-state index is 11.0. The van der Waals surface area contributed by atoms with Gasteiger partial charge in [-0.25, -0.2) is 8.42 Å². The van der Waals surface area contributed by atoms with Crippen molar-refractivity contribution in [1.29, 1.82) is 0 Å². The minimum Gasteiger partial charge on any atom is -0.374 e. The molecule has 0 spiro atoms. The molecule has 2 heterocycles. The first kappa shape index (κ1) is 13.3. The Bertz CT molecular complexity index is 345. The molecule has 2 rings (SSSR count). The topological polar surface area (TPSA) is 58.6 Å². The summed E-state index contributed by atoms with van der Waals surface area (Å²) in [6.07, 6.45) is 4.01. The zero-order chi connectivity index (χ0) is 12.3. The SMILES string of the molecule is CS(=O)(=O)CCNCC1CN2CCCC2CO1. The molecule has 2 atom stereocenters. The molecular formula is C11H22N2O3S. The molecule has 2 fully saturated rings. The Hall–Kier alpha value is -0.170. The van der Waals surface area contributed by atoms with E-state index >= 15 is 0 Å². The summed E-state index contributed by atoms with van der Waals surface area (Å²) in [5.74, 6) is 0.200. The van der Waals surface area contributed by atoms with E-state index in [0.717, 1.165) is 19.7 Å². The number of nitrogens with zero attached hydrogens (tertiary/aromatic N) is 1. The van der Waals surface area contributed by atoms with Crippen molar-refractivity contribution >= 4 is 9.84 Å². The highest BCUT2D eigenvalue weighted by atomic mass is 32.2. The van der Waals surface area contributed by atoms with Crippen LogP contribution in [0.25, 0.3) is 0 Å². The monoisotopic (exact) mass is 262 g/mol. The third-order valence-corrected chi connectivity index (χ3v) is 4.43. The second-order valence-corrected chi connectivity index (χ2v) is 7.34. The molecule has 0 saturated carbocycles. The van der Waals surface area contributed by atoms with Gasteiger partial charge in [0.15, 0.2) is 0 Å². The van der Waals surface area contributed by atoms with Gasteiger partial charge in [0.1, 0.15) is 9.84 Å². The van der Waals surface area contributed by atoms with Gasteiger partial charge in [0, 0.05) is 31.9 Å². The number of morpholine rings is 1. The van der Waals surface area contributed by atoms with Gasteiger partial charge in [-0.15, -0.1) is 0 Å². The van der Waals surface area contributed by atoms with E-state index in [0.29, 0.717) is 12.6 Å². The van der Waals surface area contributed by atoms with Gasteiger partial charge in [0.25, 0.3) is 0 Å². The van der Waals surface area contributed by atoms with Gasteiger partial charge in [-0.05, 0) is 19.4 Å². The van der Waals surface area contributed by atoms with Gasteiger partial charge >= 0.3 is 0 Å². The highest BCUT2D eigenvalue weighted by molar-refractivity contribution is 7.90. The van der Waals surface area contributed by atoms with E-state index in [-0.39, 0.29) is 11.9 Å². The van der Waals surface area contributed by atoms with Gasteiger partial charge in [-0.1, -0.05) is 0 Å². The minimum atomic E-state index is -2.86. The fraction of sp³-hybridized carbons (Fsp3) is 1.00. The van der Waals surface area contributed by atoms with Crippen LogP contribution in [0.4, 0.5) is 0 Å². The Balaban J connectivity index is 1.63. The first-order valence-electron chi connectivity index (χ1n) is 6.29. The summed E-state index contributed by atoms with van der Waals surface area (Å²) in [5.41, 5.74) is 0. The zero-order valence-corrected chi connectivity index (χ0v) is 11.2. The van der Waals surface area contributed by atoms with E-state index in [4.69, 9.17) is 4.74 Å². The molecule has 0 aliphatic carbocycles. The Kier molecular flexibility index (Phi) is 4.41. The summed E-state index contributed by atoms with van der Waals surface area (Å²) in [7, 11) is -2.86. The van der Waals surface area contributed by atoms with Crippen molar-refractivity contribution in [2.45, 2.75) is 25.0 Å². The molecule has 0 amide bonds. The zero-order valence-electron chi connectivity index (χ0n) is 10.4. The number of sulfone groups is 1. The summed E-state index contributed by atoms with van der Waals surface area (Å²) in [6.45, 7) is 4.27. The lowest BCUT2D eigenvalue weighted by molar-refractivity contribution is -0.0467. The summed E-state index contributed by atoms with van der Waals surface area (Å²) in [6, 6.07) is 0.627. The van der Waals surface area contributed by atoms with Crippen molar-refractivity contribution in [1.82, 2.24) is 10.2 Å². The quantitative estimate of drug-likeness (QED) is 0.676. The van der Waals surface area contributed by atoms with Crippen LogP contribution in [0.1, 0.15) is 12.8 Å². The van der Waals surface area contributed by atoms with Crippen molar-refractivity contribution in [3.63, 3.8) is 0 Å². The van der Waals surface area contributed by atoms with Crippen LogP contribution >= 0.6 is 0 Å². The van der Waals surface area contributed by atoms with Crippen molar-refractivity contribution in [3.8, 4) is 0 Å². The van der Waals surface area contributed by atoms with E-state index in [1.165, 1.54) is 25.6 Å². The van der Waals surface area contributed by atoms with E-state index in [2.05, 4.69) is 10.2 Å². The van der Waals surface area contributed by atoms with E-state index in [9.17, 15) is 8.42 Å². The van der Waals surface area contributed by atoms with Crippen LogP contribution in [0.5, 0.6) is 0 Å². The highest BCUT2D eigenvalue weighted by Crippen LogP contribution is 2.22. The fourth-order valence-electron chi connectivity index (χ4n) is 2.53. The van der Waals surface area contributed by atoms with Crippen LogP contribution in [-0.2, 0) is 14.6 Å². The molecule has 0 aromatic rings. The molecule has 0 bridgehead atoms. The van der Waals surface area contributed by atoms with Crippen LogP contribution in [0.15, 0.2) is 0 Å². The third-order valence-electron chi connectivity index (χ3n) is 3.48. The molecule has 1 N–H and O–H groups in total. The standard InChI is InChI=1S/C11H22N2O3S/c1-17(14,15)6-4-12-7-11-8-13-5-2-3-10(13)9-16-11/h10-12H,2-9H2,1H3. The van der Waals surface area contributed by atoms with Crippen molar-refractivity contribution in [3.05, 3.63) is 0 Å². The van der Waals surface area contributed by atoms with E-state index in [1.807, 2.05) is 0 Å². The van der Waals surface area contributed by atoms with Crippen molar-refractivity contribution in [2.75, 3.05) is 44.8 Å². The predicted molar refractivity (Wildman–Crippen MR) is 66.9 cm³/mol. The summed E-state index contributed by atoms with van der Waals surface area (Å²) in [5, 5.41) is 3.16. The van der Waals surface area contributed by atoms with Crippen molar-refractivity contribution < 1.29 is 13.2 Å².